The third-order valence-electron chi connectivity index (χ3n) is 2.91. The predicted molar refractivity (Wildman–Crippen MR) is 62.1 cm³/mol. The van der Waals surface area contributed by atoms with Gasteiger partial charge in [0.25, 0.3) is 0 Å². The van der Waals surface area contributed by atoms with E-state index in [0.29, 0.717) is 6.42 Å². The van der Waals surface area contributed by atoms with E-state index < -0.39 is 0 Å². The number of para-hydroxylation sites is 1. The van der Waals surface area contributed by atoms with E-state index in [1.165, 1.54) is 16.5 Å². The molecule has 0 aliphatic carbocycles. The van der Waals surface area contributed by atoms with Gasteiger partial charge >= 0.3 is 0 Å². The Labute approximate surface area is 89.5 Å². The first-order chi connectivity index (χ1) is 7.27. The Hall–Kier alpha value is -1.57. The van der Waals surface area contributed by atoms with Gasteiger partial charge in [0.1, 0.15) is 6.29 Å². The van der Waals surface area contributed by atoms with Crippen LogP contribution >= 0.6 is 0 Å². The Balaban J connectivity index is 2.70. The molecule has 0 saturated heterocycles. The van der Waals surface area contributed by atoms with Crippen LogP contribution in [0.15, 0.2) is 24.3 Å². The fourth-order valence-corrected chi connectivity index (χ4v) is 2.12. The lowest BCUT2D eigenvalue weighted by Gasteiger charge is -2.04. The molecule has 0 N–H and O–H groups in total. The molecule has 78 valence electrons. The van der Waals surface area contributed by atoms with Crippen LogP contribution in [0, 0.1) is 0 Å². The lowest BCUT2D eigenvalue weighted by molar-refractivity contribution is -0.107. The summed E-state index contributed by atoms with van der Waals surface area (Å²) >= 11 is 0. The van der Waals surface area contributed by atoms with Crippen molar-refractivity contribution in [3.8, 4) is 0 Å². The molecule has 0 aliphatic rings. The highest BCUT2D eigenvalue weighted by molar-refractivity contribution is 5.85. The molecule has 0 bridgehead atoms. The molecule has 0 spiro atoms. The van der Waals surface area contributed by atoms with Crippen molar-refractivity contribution in [2.45, 2.75) is 19.8 Å². The quantitative estimate of drug-likeness (QED) is 0.699. The van der Waals surface area contributed by atoms with Crippen molar-refractivity contribution >= 4 is 17.2 Å². The Morgan fingerprint density at radius 1 is 1.40 bits per heavy atom. The monoisotopic (exact) mass is 201 g/mol. The molecule has 0 radical (unpaired) electrons. The van der Waals surface area contributed by atoms with Crippen LogP contribution in [-0.4, -0.2) is 10.9 Å². The highest BCUT2D eigenvalue weighted by Gasteiger charge is 2.07. The van der Waals surface area contributed by atoms with Gasteiger partial charge in [-0.05, 0) is 18.1 Å². The second kappa shape index (κ2) is 3.89. The summed E-state index contributed by atoms with van der Waals surface area (Å²) in [5.41, 5.74) is 3.69. The number of benzene rings is 1. The number of carbonyl (C=O) groups is 1. The minimum atomic E-state index is 0.494. The van der Waals surface area contributed by atoms with Crippen LogP contribution in [-0.2, 0) is 24.7 Å². The lowest BCUT2D eigenvalue weighted by Crippen LogP contribution is -1.98. The van der Waals surface area contributed by atoms with E-state index in [1.807, 2.05) is 7.05 Å². The van der Waals surface area contributed by atoms with Gasteiger partial charge in [0.05, 0.1) is 5.52 Å². The van der Waals surface area contributed by atoms with E-state index in [2.05, 4.69) is 35.8 Å². The van der Waals surface area contributed by atoms with Crippen LogP contribution in [0.2, 0.25) is 0 Å². The molecule has 0 amide bonds. The van der Waals surface area contributed by atoms with Gasteiger partial charge in [0, 0.05) is 24.5 Å². The second-order valence-corrected chi connectivity index (χ2v) is 3.77. The van der Waals surface area contributed by atoms with Gasteiger partial charge in [-0.1, -0.05) is 25.1 Å². The molecule has 2 nitrogen and oxygen atoms in total. The smallest absolute Gasteiger partial charge is 0.125 e. The van der Waals surface area contributed by atoms with Crippen molar-refractivity contribution in [3.05, 3.63) is 35.5 Å². The molecule has 0 unspecified atom stereocenters. The third kappa shape index (κ3) is 1.56. The maximum absolute atomic E-state index is 10.5. The molecule has 1 aromatic heterocycles. The van der Waals surface area contributed by atoms with Crippen LogP contribution in [0.5, 0.6) is 0 Å². The van der Waals surface area contributed by atoms with Gasteiger partial charge in [0.15, 0.2) is 0 Å². The van der Waals surface area contributed by atoms with Crippen LogP contribution in [0.25, 0.3) is 10.9 Å². The van der Waals surface area contributed by atoms with Crippen molar-refractivity contribution in [1.82, 2.24) is 4.57 Å². The van der Waals surface area contributed by atoms with Crippen molar-refractivity contribution in [1.29, 1.82) is 0 Å². The Morgan fingerprint density at radius 2 is 2.20 bits per heavy atom. The van der Waals surface area contributed by atoms with Crippen LogP contribution in [0.1, 0.15) is 18.2 Å². The van der Waals surface area contributed by atoms with Crippen molar-refractivity contribution < 1.29 is 4.79 Å². The average molecular weight is 201 g/mol. The maximum Gasteiger partial charge on any atom is 0.125 e. The second-order valence-electron chi connectivity index (χ2n) is 3.77. The van der Waals surface area contributed by atoms with E-state index in [4.69, 9.17) is 0 Å². The van der Waals surface area contributed by atoms with Crippen LogP contribution in [0.4, 0.5) is 0 Å². The molecular formula is C13H15NO. The molecule has 1 aromatic carbocycles. The van der Waals surface area contributed by atoms with Gasteiger partial charge in [-0.25, -0.2) is 0 Å². The number of aryl methyl sites for hydroxylation is 2. The number of hydrogen-bond donors (Lipinski definition) is 0. The topological polar surface area (TPSA) is 22.0 Å². The summed E-state index contributed by atoms with van der Waals surface area (Å²) in [5, 5.41) is 1.23. The molecule has 2 rings (SSSR count). The van der Waals surface area contributed by atoms with E-state index in [1.54, 1.807) is 0 Å². The van der Waals surface area contributed by atoms with Crippen LogP contribution < -0.4 is 0 Å². The summed E-state index contributed by atoms with van der Waals surface area (Å²) in [5.74, 6) is 0. The maximum atomic E-state index is 10.5. The van der Waals surface area contributed by atoms with Gasteiger partial charge in [0.2, 0.25) is 0 Å². The summed E-state index contributed by atoms with van der Waals surface area (Å²) in [6.45, 7) is 2.15. The number of fused-ring (bicyclic) bond motifs is 1. The molecular weight excluding hydrogens is 186 g/mol. The highest BCUT2D eigenvalue weighted by atomic mass is 16.1. The molecule has 0 fully saturated rings. The Kier molecular flexibility index (Phi) is 2.58. The van der Waals surface area contributed by atoms with E-state index in [0.717, 1.165) is 18.4 Å². The number of hydrogen-bond acceptors (Lipinski definition) is 1. The number of rotatable bonds is 3. The zero-order chi connectivity index (χ0) is 10.8. The van der Waals surface area contributed by atoms with E-state index >= 15 is 0 Å². The van der Waals surface area contributed by atoms with E-state index in [-0.39, 0.29) is 0 Å². The van der Waals surface area contributed by atoms with Gasteiger partial charge in [-0.2, -0.15) is 0 Å². The van der Waals surface area contributed by atoms with Gasteiger partial charge in [-0.3, -0.25) is 0 Å². The summed E-state index contributed by atoms with van der Waals surface area (Å²) in [4.78, 5) is 10.5. The first kappa shape index (κ1) is 9.97. The Morgan fingerprint density at radius 3 is 2.87 bits per heavy atom. The van der Waals surface area contributed by atoms with Crippen LogP contribution in [0.3, 0.4) is 0 Å². The molecule has 0 aliphatic heterocycles. The fourth-order valence-electron chi connectivity index (χ4n) is 2.12. The standard InChI is InChI=1S/C13H15NO/c1-3-10-5-4-6-11-9-12(7-8-15)14(2)13(10)11/h4-6,8-9H,3,7H2,1-2H3. The van der Waals surface area contributed by atoms with Gasteiger partial charge in [-0.15, -0.1) is 0 Å². The first-order valence-corrected chi connectivity index (χ1v) is 5.27. The predicted octanol–water partition coefficient (Wildman–Crippen LogP) is 2.48. The molecule has 2 aromatic rings. The number of aldehydes is 1. The minimum absolute atomic E-state index is 0.494. The molecule has 15 heavy (non-hydrogen) atoms. The molecule has 2 heteroatoms. The summed E-state index contributed by atoms with van der Waals surface area (Å²) in [6, 6.07) is 8.42. The zero-order valence-corrected chi connectivity index (χ0v) is 9.16. The molecule has 0 atom stereocenters. The zero-order valence-electron chi connectivity index (χ0n) is 9.16. The van der Waals surface area contributed by atoms with E-state index in [9.17, 15) is 4.79 Å². The Bertz CT molecular complexity index is 496. The largest absolute Gasteiger partial charge is 0.347 e. The average Bonchev–Trinajstić information content (AvgIpc) is 2.57. The fraction of sp³-hybridized carbons (Fsp3) is 0.308. The number of aromatic nitrogens is 1. The van der Waals surface area contributed by atoms with Crippen molar-refractivity contribution in [2.75, 3.05) is 0 Å². The van der Waals surface area contributed by atoms with Crippen molar-refractivity contribution in [2.24, 2.45) is 7.05 Å². The van der Waals surface area contributed by atoms with Gasteiger partial charge < -0.3 is 9.36 Å². The SMILES string of the molecule is CCc1cccc2cc(CC=O)n(C)c12. The number of carbonyl (C=O) groups excluding carboxylic acids is 1. The molecule has 1 heterocycles. The summed E-state index contributed by atoms with van der Waals surface area (Å²) in [7, 11) is 2.03. The number of nitrogens with zero attached hydrogens (tertiary/aromatic N) is 1. The normalized spacial score (nSPS) is 10.8. The first-order valence-electron chi connectivity index (χ1n) is 5.27. The highest BCUT2D eigenvalue weighted by Crippen LogP contribution is 2.22. The minimum Gasteiger partial charge on any atom is -0.347 e. The third-order valence-corrected chi connectivity index (χ3v) is 2.91. The lowest BCUT2D eigenvalue weighted by atomic mass is 10.1. The summed E-state index contributed by atoms with van der Waals surface area (Å²) < 4.78 is 2.13. The molecule has 0 saturated carbocycles. The van der Waals surface area contributed by atoms with Crippen molar-refractivity contribution in [3.63, 3.8) is 0 Å². The summed E-state index contributed by atoms with van der Waals surface area (Å²) in [6.07, 6.45) is 2.48.